The smallest absolute Gasteiger partial charge is 0.0814 e. The van der Waals surface area contributed by atoms with E-state index in [0.717, 1.165) is 19.5 Å². The molecule has 2 unspecified atom stereocenters. The molecule has 2 aromatic heterocycles. The minimum Gasteiger partial charge on any atom is -0.359 e. The molecule has 1 saturated heterocycles. The highest BCUT2D eigenvalue weighted by Crippen LogP contribution is 2.40. The van der Waals surface area contributed by atoms with Gasteiger partial charge in [0.25, 0.3) is 0 Å². The molecule has 0 bridgehead atoms. The summed E-state index contributed by atoms with van der Waals surface area (Å²) in [5.74, 6) is 0. The molecule has 136 valence electrons. The van der Waals surface area contributed by atoms with Crippen LogP contribution in [0.25, 0.3) is 0 Å². The summed E-state index contributed by atoms with van der Waals surface area (Å²) >= 11 is 0. The number of nitrogens with one attached hydrogen (secondary N) is 1. The zero-order chi connectivity index (χ0) is 18.1. The number of hydrogen-bond donors (Lipinski definition) is 1. The number of nitrogens with zero attached hydrogens (tertiary/aromatic N) is 3. The Morgan fingerprint density at radius 2 is 1.78 bits per heavy atom. The van der Waals surface area contributed by atoms with Gasteiger partial charge in [0.1, 0.15) is 0 Å². The van der Waals surface area contributed by atoms with Crippen molar-refractivity contribution in [2.45, 2.75) is 31.3 Å². The number of benzene rings is 1. The van der Waals surface area contributed by atoms with Crippen LogP contribution in [0.2, 0.25) is 0 Å². The monoisotopic (exact) mass is 356 g/mol. The fraction of sp³-hybridized carbons (Fsp3) is 0.304. The first-order valence-electron chi connectivity index (χ1n) is 9.83. The predicted molar refractivity (Wildman–Crippen MR) is 108 cm³/mol. The van der Waals surface area contributed by atoms with Gasteiger partial charge in [-0.3, -0.25) is 9.97 Å². The molecule has 0 radical (unpaired) electrons. The molecule has 1 N–H and O–H groups in total. The van der Waals surface area contributed by atoms with E-state index in [1.807, 2.05) is 36.9 Å². The van der Waals surface area contributed by atoms with Gasteiger partial charge in [-0.25, -0.2) is 0 Å². The molecule has 5 rings (SSSR count). The van der Waals surface area contributed by atoms with Gasteiger partial charge in [-0.05, 0) is 66.3 Å². The zero-order valence-electron chi connectivity index (χ0n) is 15.4. The fourth-order valence-electron chi connectivity index (χ4n) is 4.67. The Balaban J connectivity index is 1.64. The normalized spacial score (nSPS) is 21.9. The van der Waals surface area contributed by atoms with Gasteiger partial charge in [-0.2, -0.15) is 0 Å². The molecular weight excluding hydrogens is 332 g/mol. The summed E-state index contributed by atoms with van der Waals surface area (Å²) in [4.78, 5) is 11.2. The lowest BCUT2D eigenvalue weighted by molar-refractivity contribution is 0.607. The number of fused-ring (bicyclic) bond motifs is 1. The van der Waals surface area contributed by atoms with Crippen LogP contribution in [0.5, 0.6) is 0 Å². The molecule has 4 heterocycles. The Hall–Kier alpha value is -2.72. The average molecular weight is 356 g/mol. The van der Waals surface area contributed by atoms with Crippen molar-refractivity contribution < 1.29 is 0 Å². The Kier molecular flexibility index (Phi) is 4.34. The first-order chi connectivity index (χ1) is 13.4. The third-order valence-electron chi connectivity index (χ3n) is 5.87. The molecule has 4 heteroatoms. The van der Waals surface area contributed by atoms with Crippen LogP contribution in [0.15, 0.2) is 67.3 Å². The third-order valence-corrected chi connectivity index (χ3v) is 5.87. The van der Waals surface area contributed by atoms with Crippen molar-refractivity contribution in [1.29, 1.82) is 0 Å². The standard InChI is InChI=1S/C23H24N4/c1-7-20(22-9-4-13-26-22)19-10-14-27(18-6-3-12-25-16-18)23(21(19)8-1)17-5-2-11-24-15-17/h1-3,5-8,11-12,15-16,22-23,26H,4,9-10,13-14H2. The van der Waals surface area contributed by atoms with E-state index in [1.165, 1.54) is 40.8 Å². The van der Waals surface area contributed by atoms with Gasteiger partial charge in [0.2, 0.25) is 0 Å². The Bertz CT molecular complexity index is 904. The molecule has 0 spiro atoms. The summed E-state index contributed by atoms with van der Waals surface area (Å²) in [5, 5.41) is 3.68. The maximum atomic E-state index is 4.41. The first kappa shape index (κ1) is 16.5. The molecule has 1 fully saturated rings. The second-order valence-corrected chi connectivity index (χ2v) is 7.41. The van der Waals surface area contributed by atoms with Gasteiger partial charge in [0.05, 0.1) is 17.9 Å². The lowest BCUT2D eigenvalue weighted by Crippen LogP contribution is -2.37. The minimum atomic E-state index is 0.174. The molecule has 2 aliphatic heterocycles. The number of hydrogen-bond acceptors (Lipinski definition) is 4. The average Bonchev–Trinajstić information content (AvgIpc) is 3.28. The summed E-state index contributed by atoms with van der Waals surface area (Å²) in [7, 11) is 0. The maximum Gasteiger partial charge on any atom is 0.0814 e. The molecule has 27 heavy (non-hydrogen) atoms. The number of pyridine rings is 2. The van der Waals surface area contributed by atoms with E-state index in [0.29, 0.717) is 6.04 Å². The van der Waals surface area contributed by atoms with Gasteiger partial charge in [0, 0.05) is 31.2 Å². The molecule has 0 saturated carbocycles. The summed E-state index contributed by atoms with van der Waals surface area (Å²) < 4.78 is 0. The quantitative estimate of drug-likeness (QED) is 0.769. The lowest BCUT2D eigenvalue weighted by atomic mass is 9.83. The highest BCUT2D eigenvalue weighted by Gasteiger charge is 2.32. The summed E-state index contributed by atoms with van der Waals surface area (Å²) in [6.07, 6.45) is 11.2. The van der Waals surface area contributed by atoms with Gasteiger partial charge in [0.15, 0.2) is 0 Å². The molecule has 0 aliphatic carbocycles. The second kappa shape index (κ2) is 7.12. The maximum absolute atomic E-state index is 4.41. The van der Waals surface area contributed by atoms with Gasteiger partial charge < -0.3 is 10.2 Å². The lowest BCUT2D eigenvalue weighted by Gasteiger charge is -2.40. The SMILES string of the molecule is c1cncc(C2c3cccc(C4CCCN4)c3CCN2c2cccnc2)c1. The van der Waals surface area contributed by atoms with Crippen molar-refractivity contribution in [3.05, 3.63) is 89.5 Å². The van der Waals surface area contributed by atoms with E-state index in [-0.39, 0.29) is 6.04 Å². The van der Waals surface area contributed by atoms with Crippen LogP contribution in [0.3, 0.4) is 0 Å². The van der Waals surface area contributed by atoms with Crippen LogP contribution in [0.4, 0.5) is 5.69 Å². The van der Waals surface area contributed by atoms with Gasteiger partial charge in [-0.15, -0.1) is 0 Å². The third kappa shape index (κ3) is 3.00. The van der Waals surface area contributed by atoms with E-state index in [2.05, 4.69) is 50.5 Å². The second-order valence-electron chi connectivity index (χ2n) is 7.41. The highest BCUT2D eigenvalue weighted by molar-refractivity contribution is 5.56. The molecule has 2 atom stereocenters. The van der Waals surface area contributed by atoms with Crippen molar-refractivity contribution in [2.24, 2.45) is 0 Å². The number of rotatable bonds is 3. The highest BCUT2D eigenvalue weighted by atomic mass is 15.2. The molecule has 2 aliphatic rings. The van der Waals surface area contributed by atoms with Crippen LogP contribution in [0, 0.1) is 0 Å². The van der Waals surface area contributed by atoms with Crippen LogP contribution in [-0.4, -0.2) is 23.1 Å². The van der Waals surface area contributed by atoms with Crippen molar-refractivity contribution in [3.63, 3.8) is 0 Å². The number of aromatic nitrogens is 2. The van der Waals surface area contributed by atoms with E-state index >= 15 is 0 Å². The molecule has 0 amide bonds. The Labute approximate surface area is 160 Å². The van der Waals surface area contributed by atoms with Crippen molar-refractivity contribution >= 4 is 5.69 Å². The Morgan fingerprint density at radius 3 is 2.52 bits per heavy atom. The van der Waals surface area contributed by atoms with Crippen LogP contribution in [0.1, 0.15) is 47.2 Å². The largest absolute Gasteiger partial charge is 0.359 e. The van der Waals surface area contributed by atoms with Crippen LogP contribution in [-0.2, 0) is 6.42 Å². The summed E-state index contributed by atoms with van der Waals surface area (Å²) in [6.45, 7) is 2.12. The predicted octanol–water partition coefficient (Wildman–Crippen LogP) is 4.05. The Morgan fingerprint density at radius 1 is 0.926 bits per heavy atom. The van der Waals surface area contributed by atoms with Gasteiger partial charge >= 0.3 is 0 Å². The molecule has 1 aromatic carbocycles. The molecule has 3 aromatic rings. The van der Waals surface area contributed by atoms with Crippen molar-refractivity contribution in [1.82, 2.24) is 15.3 Å². The van der Waals surface area contributed by atoms with Crippen LogP contribution >= 0.6 is 0 Å². The van der Waals surface area contributed by atoms with E-state index < -0.39 is 0 Å². The number of anilines is 1. The van der Waals surface area contributed by atoms with E-state index in [9.17, 15) is 0 Å². The fourth-order valence-corrected chi connectivity index (χ4v) is 4.67. The van der Waals surface area contributed by atoms with Crippen LogP contribution < -0.4 is 10.2 Å². The minimum absolute atomic E-state index is 0.174. The van der Waals surface area contributed by atoms with E-state index in [1.54, 1.807) is 0 Å². The first-order valence-corrected chi connectivity index (χ1v) is 9.83. The zero-order valence-corrected chi connectivity index (χ0v) is 15.4. The summed E-state index contributed by atoms with van der Waals surface area (Å²) in [6, 6.07) is 15.9. The van der Waals surface area contributed by atoms with Crippen molar-refractivity contribution in [3.8, 4) is 0 Å². The molecular formula is C23H24N4. The van der Waals surface area contributed by atoms with Crippen molar-refractivity contribution in [2.75, 3.05) is 18.0 Å². The van der Waals surface area contributed by atoms with Gasteiger partial charge in [-0.1, -0.05) is 24.3 Å². The molecule has 4 nitrogen and oxygen atoms in total. The van der Waals surface area contributed by atoms with E-state index in [4.69, 9.17) is 0 Å². The summed E-state index contributed by atoms with van der Waals surface area (Å²) in [5.41, 5.74) is 6.82. The topological polar surface area (TPSA) is 41.1 Å².